The molecule has 0 saturated heterocycles. The van der Waals surface area contributed by atoms with Crippen molar-refractivity contribution in [3.63, 3.8) is 0 Å². The topological polar surface area (TPSA) is 44.1 Å². The van der Waals surface area contributed by atoms with Gasteiger partial charge in [0.05, 0.1) is 5.60 Å². The fourth-order valence-corrected chi connectivity index (χ4v) is 4.45. The predicted octanol–water partition coefficient (Wildman–Crippen LogP) is 7.31. The fraction of sp³-hybridized carbons (Fsp3) is 0.462. The van der Waals surface area contributed by atoms with Crippen molar-refractivity contribution in [3.05, 3.63) is 51.8 Å². The van der Waals surface area contributed by atoms with Gasteiger partial charge in [0.2, 0.25) is 0 Å². The van der Waals surface area contributed by atoms with Crippen LogP contribution in [0.15, 0.2) is 24.3 Å². The third-order valence-corrected chi connectivity index (χ3v) is 5.92. The summed E-state index contributed by atoms with van der Waals surface area (Å²) < 4.78 is 8.57. The molecule has 0 fully saturated rings. The fourth-order valence-electron chi connectivity index (χ4n) is 4.32. The zero-order chi connectivity index (χ0) is 23.2. The molecule has 2 heterocycles. The lowest BCUT2D eigenvalue weighted by Crippen LogP contribution is -2.27. The van der Waals surface area contributed by atoms with Gasteiger partial charge in [0.1, 0.15) is 11.8 Å². The van der Waals surface area contributed by atoms with E-state index in [1.807, 2.05) is 52.0 Å². The summed E-state index contributed by atoms with van der Waals surface area (Å²) in [6.07, 6.45) is -0.704. The van der Waals surface area contributed by atoms with Gasteiger partial charge in [-0.05, 0) is 85.6 Å². The first kappa shape index (κ1) is 23.5. The Kier molecular flexibility index (Phi) is 6.37. The maximum atomic E-state index is 12.8. The highest BCUT2D eigenvalue weighted by molar-refractivity contribution is 6.30. The second kappa shape index (κ2) is 8.40. The van der Waals surface area contributed by atoms with Gasteiger partial charge in [0.25, 0.3) is 0 Å². The predicted molar refractivity (Wildman–Crippen MR) is 129 cm³/mol. The Morgan fingerprint density at radius 1 is 1.10 bits per heavy atom. The molecule has 0 amide bonds. The molecule has 2 aromatic heterocycles. The summed E-state index contributed by atoms with van der Waals surface area (Å²) in [5, 5.41) is 1.74. The van der Waals surface area contributed by atoms with Crippen LogP contribution in [0.25, 0.3) is 22.2 Å². The normalized spacial score (nSPS) is 13.3. The molecule has 0 bridgehead atoms. The SMILES string of the molecule is CC(=O)C(OC(C)(C)C)c1c(C)nc2c(c(C)c(C)n2C(C)C)c1-c1ccc(Cl)cc1. The number of benzene rings is 1. The lowest BCUT2D eigenvalue weighted by atomic mass is 9.90. The number of Topliss-reactive ketones (excluding diaryl/α,β-unsaturated/α-hetero) is 1. The molecule has 0 spiro atoms. The van der Waals surface area contributed by atoms with Gasteiger partial charge in [-0.3, -0.25) is 4.79 Å². The van der Waals surface area contributed by atoms with Crippen LogP contribution in [-0.2, 0) is 9.53 Å². The molecule has 0 aliphatic carbocycles. The van der Waals surface area contributed by atoms with Crippen LogP contribution in [0.1, 0.15) is 76.2 Å². The van der Waals surface area contributed by atoms with Crippen molar-refractivity contribution in [1.82, 2.24) is 9.55 Å². The molecule has 3 aromatic rings. The molecule has 31 heavy (non-hydrogen) atoms. The number of ketones is 1. The zero-order valence-corrected chi connectivity index (χ0v) is 20.8. The summed E-state index contributed by atoms with van der Waals surface area (Å²) in [4.78, 5) is 17.9. The number of hydrogen-bond acceptors (Lipinski definition) is 3. The first-order valence-electron chi connectivity index (χ1n) is 10.8. The standard InChI is InChI=1S/C26H33ClN2O2/c1-14(2)29-17(5)15(3)21-23(19-10-12-20(27)13-11-19)22(16(4)28-25(21)29)24(18(6)30)31-26(7,8)9/h10-14,24H,1-9H3. The second-order valence-electron chi connectivity index (χ2n) is 9.59. The highest BCUT2D eigenvalue weighted by Crippen LogP contribution is 2.43. The monoisotopic (exact) mass is 440 g/mol. The van der Waals surface area contributed by atoms with Crippen molar-refractivity contribution < 1.29 is 9.53 Å². The van der Waals surface area contributed by atoms with E-state index in [1.54, 1.807) is 6.92 Å². The average Bonchev–Trinajstić information content (AvgIpc) is 2.89. The van der Waals surface area contributed by atoms with Gasteiger partial charge in [0.15, 0.2) is 5.78 Å². The number of rotatable bonds is 5. The van der Waals surface area contributed by atoms with Crippen molar-refractivity contribution in [2.75, 3.05) is 0 Å². The van der Waals surface area contributed by atoms with Crippen LogP contribution in [0.3, 0.4) is 0 Å². The van der Waals surface area contributed by atoms with Crippen LogP contribution in [0, 0.1) is 20.8 Å². The summed E-state index contributed by atoms with van der Waals surface area (Å²) in [6.45, 7) is 18.1. The number of carbonyl (C=O) groups excluding carboxylic acids is 1. The summed E-state index contributed by atoms with van der Waals surface area (Å²) in [6, 6.07) is 8.06. The highest BCUT2D eigenvalue weighted by Gasteiger charge is 2.32. The molecule has 0 aliphatic heterocycles. The van der Waals surface area contributed by atoms with Gasteiger partial charge in [-0.1, -0.05) is 23.7 Å². The number of aromatic nitrogens is 2. The molecule has 4 nitrogen and oxygen atoms in total. The molecule has 3 rings (SSSR count). The number of carbonyl (C=O) groups is 1. The van der Waals surface area contributed by atoms with Crippen LogP contribution in [0.2, 0.25) is 5.02 Å². The maximum Gasteiger partial charge on any atom is 0.163 e. The van der Waals surface area contributed by atoms with Crippen LogP contribution >= 0.6 is 11.6 Å². The number of aryl methyl sites for hydroxylation is 2. The van der Waals surface area contributed by atoms with Gasteiger partial charge in [-0.2, -0.15) is 0 Å². The van der Waals surface area contributed by atoms with Gasteiger partial charge in [-0.15, -0.1) is 0 Å². The molecule has 0 aliphatic rings. The molecule has 1 aromatic carbocycles. The Hall–Kier alpha value is -2.17. The zero-order valence-electron chi connectivity index (χ0n) is 20.1. The minimum Gasteiger partial charge on any atom is -0.360 e. The maximum absolute atomic E-state index is 12.8. The van der Waals surface area contributed by atoms with E-state index in [0.717, 1.165) is 33.4 Å². The molecule has 1 unspecified atom stereocenters. The van der Waals surface area contributed by atoms with E-state index in [2.05, 4.69) is 32.3 Å². The average molecular weight is 441 g/mol. The summed E-state index contributed by atoms with van der Waals surface area (Å²) in [7, 11) is 0. The summed E-state index contributed by atoms with van der Waals surface area (Å²) in [5.41, 5.74) is 6.45. The van der Waals surface area contributed by atoms with Crippen molar-refractivity contribution in [1.29, 1.82) is 0 Å². The smallest absolute Gasteiger partial charge is 0.163 e. The molecule has 0 saturated carbocycles. The molecular formula is C26H33ClN2O2. The van der Waals surface area contributed by atoms with Crippen LogP contribution < -0.4 is 0 Å². The molecule has 5 heteroatoms. The molecule has 0 radical (unpaired) electrons. The van der Waals surface area contributed by atoms with Gasteiger partial charge in [0, 0.05) is 39.0 Å². The largest absolute Gasteiger partial charge is 0.360 e. The van der Waals surface area contributed by atoms with E-state index in [-0.39, 0.29) is 11.8 Å². The first-order chi connectivity index (χ1) is 14.3. The molecular weight excluding hydrogens is 408 g/mol. The Morgan fingerprint density at radius 2 is 1.68 bits per heavy atom. The quantitative estimate of drug-likeness (QED) is 0.417. The summed E-state index contributed by atoms with van der Waals surface area (Å²) in [5.74, 6) is -0.0351. The number of ether oxygens (including phenoxy) is 1. The number of nitrogens with zero attached hydrogens (tertiary/aromatic N) is 2. The third kappa shape index (κ3) is 4.42. The van der Waals surface area contributed by atoms with E-state index in [4.69, 9.17) is 21.3 Å². The molecule has 1 atom stereocenters. The van der Waals surface area contributed by atoms with E-state index >= 15 is 0 Å². The minimum absolute atomic E-state index is 0.0351. The number of fused-ring (bicyclic) bond motifs is 1. The van der Waals surface area contributed by atoms with E-state index in [0.29, 0.717) is 5.02 Å². The first-order valence-corrected chi connectivity index (χ1v) is 11.2. The van der Waals surface area contributed by atoms with Crippen molar-refractivity contribution in [2.24, 2.45) is 0 Å². The molecule has 0 N–H and O–H groups in total. The van der Waals surface area contributed by atoms with Crippen molar-refractivity contribution >= 4 is 28.4 Å². The Bertz CT molecular complexity index is 1140. The van der Waals surface area contributed by atoms with Crippen LogP contribution in [-0.4, -0.2) is 20.9 Å². The Balaban J connectivity index is 2.51. The van der Waals surface area contributed by atoms with E-state index < -0.39 is 11.7 Å². The Morgan fingerprint density at radius 3 is 2.16 bits per heavy atom. The number of halogens is 1. The summed E-state index contributed by atoms with van der Waals surface area (Å²) >= 11 is 6.20. The lowest BCUT2D eigenvalue weighted by molar-refractivity contribution is -0.138. The van der Waals surface area contributed by atoms with E-state index in [1.165, 1.54) is 11.3 Å². The van der Waals surface area contributed by atoms with Crippen molar-refractivity contribution in [3.8, 4) is 11.1 Å². The minimum atomic E-state index is -0.704. The highest BCUT2D eigenvalue weighted by atomic mass is 35.5. The second-order valence-corrected chi connectivity index (χ2v) is 10.0. The van der Waals surface area contributed by atoms with E-state index in [9.17, 15) is 4.79 Å². The van der Waals surface area contributed by atoms with Gasteiger partial charge in [-0.25, -0.2) is 4.98 Å². The van der Waals surface area contributed by atoms with Crippen LogP contribution in [0.5, 0.6) is 0 Å². The van der Waals surface area contributed by atoms with Gasteiger partial charge >= 0.3 is 0 Å². The number of pyridine rings is 1. The lowest BCUT2D eigenvalue weighted by Gasteiger charge is -2.29. The Labute approximate surface area is 190 Å². The van der Waals surface area contributed by atoms with Crippen molar-refractivity contribution in [2.45, 2.75) is 80.1 Å². The third-order valence-electron chi connectivity index (χ3n) is 5.67. The van der Waals surface area contributed by atoms with Crippen LogP contribution in [0.4, 0.5) is 0 Å². The molecule has 166 valence electrons. The number of hydrogen-bond donors (Lipinski definition) is 0. The van der Waals surface area contributed by atoms with Gasteiger partial charge < -0.3 is 9.30 Å².